The Morgan fingerprint density at radius 1 is 1.00 bits per heavy atom. The van der Waals surface area contributed by atoms with Gasteiger partial charge >= 0.3 is 0 Å². The Morgan fingerprint density at radius 2 is 1.75 bits per heavy atom. The highest BCUT2D eigenvalue weighted by Gasteiger charge is 2.46. The Kier molecular flexibility index (Phi) is 6.90. The number of aryl methyl sites for hydroxylation is 1. The number of nitrogens with two attached hydrogens (primary N) is 1. The van der Waals surface area contributed by atoms with Crippen molar-refractivity contribution in [2.45, 2.75) is 39.5 Å². The molecule has 0 saturated heterocycles. The van der Waals surface area contributed by atoms with Crippen LogP contribution < -0.4 is 15.4 Å². The van der Waals surface area contributed by atoms with Crippen LogP contribution in [0.4, 0.5) is 14.5 Å². The highest BCUT2D eigenvalue weighted by Crippen LogP contribution is 2.52. The van der Waals surface area contributed by atoms with Crippen molar-refractivity contribution in [1.29, 1.82) is 10.5 Å². The average molecular weight is 588 g/mol. The third kappa shape index (κ3) is 4.93. The fourth-order valence-electron chi connectivity index (χ4n) is 6.04. The summed E-state index contributed by atoms with van der Waals surface area (Å²) in [5.74, 6) is -2.24. The van der Waals surface area contributed by atoms with Gasteiger partial charge in [-0.15, -0.1) is 0 Å². The number of carbonyl (C=O) groups is 1. The maximum atomic E-state index is 15.3. The van der Waals surface area contributed by atoms with Crippen molar-refractivity contribution in [3.63, 3.8) is 0 Å². The Bertz CT molecular complexity index is 2020. The molecule has 0 fully saturated rings. The molecular formula is C35H27F2N5O2. The third-order valence-electron chi connectivity index (χ3n) is 8.00. The van der Waals surface area contributed by atoms with Crippen molar-refractivity contribution in [2.75, 3.05) is 4.90 Å². The zero-order valence-electron chi connectivity index (χ0n) is 24.3. The second kappa shape index (κ2) is 10.6. The zero-order valence-corrected chi connectivity index (χ0v) is 24.3. The number of nitrogens with zero attached hydrogens (tertiary/aromatic N) is 4. The zero-order chi connectivity index (χ0) is 31.3. The van der Waals surface area contributed by atoms with E-state index in [2.05, 4.69) is 12.1 Å². The van der Waals surface area contributed by atoms with Crippen LogP contribution in [0.25, 0.3) is 10.9 Å². The van der Waals surface area contributed by atoms with E-state index in [9.17, 15) is 19.7 Å². The van der Waals surface area contributed by atoms with Gasteiger partial charge in [-0.25, -0.2) is 13.8 Å². The normalized spacial score (nSPS) is 17.8. The molecule has 2 heterocycles. The molecule has 218 valence electrons. The van der Waals surface area contributed by atoms with Crippen molar-refractivity contribution in [3.05, 3.63) is 118 Å². The maximum absolute atomic E-state index is 15.3. The largest absolute Gasteiger partial charge is 0.439 e. The van der Waals surface area contributed by atoms with E-state index in [1.54, 1.807) is 24.3 Å². The minimum atomic E-state index is -0.989. The summed E-state index contributed by atoms with van der Waals surface area (Å²) in [4.78, 5) is 20.2. The number of halogens is 2. The number of fused-ring (bicyclic) bond motifs is 1. The number of rotatable bonds is 4. The minimum absolute atomic E-state index is 0.0149. The summed E-state index contributed by atoms with van der Waals surface area (Å²) in [7, 11) is 0. The Morgan fingerprint density at radius 3 is 2.45 bits per heavy atom. The Labute approximate surface area is 253 Å². The number of aromatic nitrogens is 1. The van der Waals surface area contributed by atoms with Gasteiger partial charge in [0.1, 0.15) is 23.2 Å². The lowest BCUT2D eigenvalue weighted by Crippen LogP contribution is -2.42. The van der Waals surface area contributed by atoms with Crippen molar-refractivity contribution in [2.24, 2.45) is 11.1 Å². The predicted octanol–water partition coefficient (Wildman–Crippen LogP) is 7.43. The molecule has 1 aliphatic carbocycles. The summed E-state index contributed by atoms with van der Waals surface area (Å²) in [5, 5.41) is 20.5. The van der Waals surface area contributed by atoms with Crippen LogP contribution in [-0.2, 0) is 4.79 Å². The number of Topliss-reactive ketones (excluding diaryl/α,β-unsaturated/α-hetero) is 1. The average Bonchev–Trinajstić information content (AvgIpc) is 2.98. The topological polar surface area (TPSA) is 116 Å². The Hall–Kier alpha value is -5.54. The molecule has 1 atom stereocenters. The highest BCUT2D eigenvalue weighted by atomic mass is 19.1. The first-order valence-corrected chi connectivity index (χ1v) is 14.0. The molecule has 3 aromatic carbocycles. The van der Waals surface area contributed by atoms with Gasteiger partial charge in [0.05, 0.1) is 40.4 Å². The van der Waals surface area contributed by atoms with Crippen LogP contribution in [0.15, 0.2) is 89.4 Å². The van der Waals surface area contributed by atoms with E-state index in [0.29, 0.717) is 34.5 Å². The van der Waals surface area contributed by atoms with Crippen LogP contribution in [0.1, 0.15) is 49.3 Å². The summed E-state index contributed by atoms with van der Waals surface area (Å²) < 4.78 is 36.0. The lowest BCUT2D eigenvalue weighted by molar-refractivity contribution is -0.118. The van der Waals surface area contributed by atoms with Gasteiger partial charge in [-0.05, 0) is 73.4 Å². The van der Waals surface area contributed by atoms with Gasteiger partial charge in [0, 0.05) is 34.7 Å². The SMILES string of the molecule is Cc1ccc2nc(Oc3ccc(C#N)cc3)c(C3C(C#N)=C(N)N(c4cc(F)ccc4F)C4=C3C(=O)CC(C)(C)C4)cc2c1. The van der Waals surface area contributed by atoms with E-state index in [1.807, 2.05) is 45.0 Å². The van der Waals surface area contributed by atoms with E-state index in [-0.39, 0.29) is 40.7 Å². The van der Waals surface area contributed by atoms with Gasteiger partial charge in [-0.3, -0.25) is 9.69 Å². The molecule has 2 N–H and O–H groups in total. The summed E-state index contributed by atoms with van der Waals surface area (Å²) in [5.41, 5.74) is 9.09. The van der Waals surface area contributed by atoms with Crippen LogP contribution in [0.3, 0.4) is 0 Å². The number of ether oxygens (including phenoxy) is 1. The number of nitriles is 2. The number of hydrogen-bond acceptors (Lipinski definition) is 7. The molecule has 7 nitrogen and oxygen atoms in total. The van der Waals surface area contributed by atoms with Crippen molar-refractivity contribution < 1.29 is 18.3 Å². The van der Waals surface area contributed by atoms with Crippen LogP contribution in [-0.4, -0.2) is 10.8 Å². The molecule has 2 aliphatic rings. The van der Waals surface area contributed by atoms with Crippen molar-refractivity contribution in [1.82, 2.24) is 4.98 Å². The molecule has 1 aromatic heterocycles. The van der Waals surface area contributed by atoms with E-state index in [4.69, 9.17) is 15.5 Å². The molecule has 0 saturated carbocycles. The smallest absolute Gasteiger partial charge is 0.224 e. The molecule has 44 heavy (non-hydrogen) atoms. The van der Waals surface area contributed by atoms with E-state index in [1.165, 1.54) is 4.90 Å². The van der Waals surface area contributed by atoms with Gasteiger partial charge in [-0.1, -0.05) is 25.5 Å². The number of pyridine rings is 1. The van der Waals surface area contributed by atoms with Crippen LogP contribution in [0.2, 0.25) is 0 Å². The molecular weight excluding hydrogens is 560 g/mol. The van der Waals surface area contributed by atoms with Gasteiger partial charge in [-0.2, -0.15) is 10.5 Å². The molecule has 6 rings (SSSR count). The quantitative estimate of drug-likeness (QED) is 0.264. The molecule has 0 spiro atoms. The van der Waals surface area contributed by atoms with E-state index in [0.717, 1.165) is 29.1 Å². The van der Waals surface area contributed by atoms with E-state index < -0.39 is 23.0 Å². The summed E-state index contributed by atoms with van der Waals surface area (Å²) in [6.07, 6.45) is 0.484. The van der Waals surface area contributed by atoms with Crippen molar-refractivity contribution >= 4 is 22.4 Å². The number of hydrogen-bond donors (Lipinski definition) is 1. The van der Waals surface area contributed by atoms with Gasteiger partial charge in [0.15, 0.2) is 5.78 Å². The monoisotopic (exact) mass is 587 g/mol. The maximum Gasteiger partial charge on any atom is 0.224 e. The minimum Gasteiger partial charge on any atom is -0.439 e. The lowest BCUT2D eigenvalue weighted by Gasteiger charge is -2.43. The number of ketones is 1. The lowest BCUT2D eigenvalue weighted by atomic mass is 9.68. The van der Waals surface area contributed by atoms with Gasteiger partial charge in [0.25, 0.3) is 0 Å². The second-order valence-electron chi connectivity index (χ2n) is 11.9. The number of carbonyl (C=O) groups excluding carboxylic acids is 1. The van der Waals surface area contributed by atoms with Crippen LogP contribution >= 0.6 is 0 Å². The number of benzene rings is 3. The van der Waals surface area contributed by atoms with Crippen LogP contribution in [0.5, 0.6) is 11.6 Å². The Balaban J connectivity index is 1.64. The summed E-state index contributed by atoms with van der Waals surface area (Å²) >= 11 is 0. The molecule has 0 amide bonds. The highest BCUT2D eigenvalue weighted by molar-refractivity contribution is 6.02. The first-order valence-electron chi connectivity index (χ1n) is 14.0. The summed E-state index contributed by atoms with van der Waals surface area (Å²) in [6, 6.07) is 21.3. The molecule has 9 heteroatoms. The first-order chi connectivity index (χ1) is 21.0. The molecule has 4 aromatic rings. The van der Waals surface area contributed by atoms with E-state index >= 15 is 4.39 Å². The molecule has 1 unspecified atom stereocenters. The second-order valence-corrected chi connectivity index (χ2v) is 11.9. The molecule has 0 bridgehead atoms. The third-order valence-corrected chi connectivity index (χ3v) is 8.00. The number of allylic oxidation sites excluding steroid dienone is 3. The fourth-order valence-corrected chi connectivity index (χ4v) is 6.04. The first kappa shape index (κ1) is 28.6. The van der Waals surface area contributed by atoms with Gasteiger partial charge < -0.3 is 10.5 Å². The molecule has 1 aliphatic heterocycles. The predicted molar refractivity (Wildman–Crippen MR) is 161 cm³/mol. The number of anilines is 1. The standard InChI is InChI=1S/C35H27F2N5O2/c1-19-4-11-27-21(12-19)13-24(34(41-27)44-23-8-5-20(17-38)6-9-23)31-25(18-39)33(40)42(28-14-22(36)7-10-26(28)37)29-15-35(2,3)16-30(43)32(29)31/h4-14,31H,15-16,40H2,1-3H3. The fraction of sp³-hybridized carbons (Fsp3) is 0.200. The molecule has 0 radical (unpaired) electrons. The van der Waals surface area contributed by atoms with Gasteiger partial charge in [0.2, 0.25) is 5.88 Å². The summed E-state index contributed by atoms with van der Waals surface area (Å²) in [6.45, 7) is 5.78. The van der Waals surface area contributed by atoms with Crippen molar-refractivity contribution in [3.8, 4) is 23.8 Å². The van der Waals surface area contributed by atoms with Crippen LogP contribution in [0, 0.1) is 46.6 Å².